The molecule has 2 heterocycles. The van der Waals surface area contributed by atoms with Gasteiger partial charge in [-0.05, 0) is 48.6 Å². The zero-order valence-corrected chi connectivity index (χ0v) is 18.6. The molecule has 27 heavy (non-hydrogen) atoms. The number of fused-ring (bicyclic) bond motifs is 1. The molecule has 1 N–H and O–H groups in total. The molecule has 0 aromatic carbocycles. The number of thiophene rings is 1. The van der Waals surface area contributed by atoms with Crippen LogP contribution in [0.5, 0.6) is 0 Å². The van der Waals surface area contributed by atoms with Gasteiger partial charge in [0.1, 0.15) is 0 Å². The summed E-state index contributed by atoms with van der Waals surface area (Å²) < 4.78 is 2.01. The molecule has 7 heteroatoms. The molecule has 0 saturated carbocycles. The van der Waals surface area contributed by atoms with Crippen LogP contribution in [0.15, 0.2) is 11.2 Å². The van der Waals surface area contributed by atoms with Crippen LogP contribution < -0.4 is 5.32 Å². The van der Waals surface area contributed by atoms with Gasteiger partial charge in [-0.25, -0.2) is 0 Å². The van der Waals surface area contributed by atoms with Crippen LogP contribution >= 0.6 is 23.1 Å². The van der Waals surface area contributed by atoms with Crippen LogP contribution in [-0.4, -0.2) is 33.0 Å². The molecule has 1 amide bonds. The number of amides is 1. The molecule has 0 saturated heterocycles. The fourth-order valence-corrected chi connectivity index (χ4v) is 5.44. The largest absolute Gasteiger partial charge is 0.355 e. The van der Waals surface area contributed by atoms with Crippen molar-refractivity contribution in [3.8, 4) is 10.7 Å². The van der Waals surface area contributed by atoms with Crippen LogP contribution in [0.25, 0.3) is 10.7 Å². The van der Waals surface area contributed by atoms with E-state index in [9.17, 15) is 4.79 Å². The fourth-order valence-electron chi connectivity index (χ4n) is 3.47. The lowest BCUT2D eigenvalue weighted by Crippen LogP contribution is -2.26. The minimum absolute atomic E-state index is 0.0474. The van der Waals surface area contributed by atoms with Gasteiger partial charge in [-0.1, -0.05) is 39.5 Å². The Morgan fingerprint density at radius 2 is 2.19 bits per heavy atom. The Hall–Kier alpha value is -1.34. The van der Waals surface area contributed by atoms with E-state index in [1.807, 2.05) is 29.9 Å². The molecular formula is C20H30N4OS2. The van der Waals surface area contributed by atoms with Crippen LogP contribution in [-0.2, 0) is 24.7 Å². The molecule has 0 aliphatic heterocycles. The molecule has 2 aromatic rings. The van der Waals surface area contributed by atoms with E-state index in [1.165, 1.54) is 39.9 Å². The first-order chi connectivity index (χ1) is 12.8. The topological polar surface area (TPSA) is 59.8 Å². The van der Waals surface area contributed by atoms with E-state index >= 15 is 0 Å². The number of carbonyl (C=O) groups excluding carboxylic acids is 1. The van der Waals surface area contributed by atoms with Crippen LogP contribution in [0.3, 0.4) is 0 Å². The lowest BCUT2D eigenvalue weighted by Gasteiger charge is -2.33. The SMILES string of the molecule is CCCNC(=O)CSc1nnc(-c2cc3c(s2)CC[C@H](C(C)(C)C)C3)n1C. The van der Waals surface area contributed by atoms with E-state index in [0.29, 0.717) is 11.2 Å². The highest BCUT2D eigenvalue weighted by Gasteiger charge is 2.30. The minimum atomic E-state index is 0.0474. The summed E-state index contributed by atoms with van der Waals surface area (Å²) in [5.74, 6) is 2.06. The first-order valence-corrected chi connectivity index (χ1v) is 11.5. The number of nitrogens with zero attached hydrogens (tertiary/aromatic N) is 3. The van der Waals surface area contributed by atoms with Crippen LogP contribution in [0.2, 0.25) is 0 Å². The van der Waals surface area contributed by atoms with E-state index < -0.39 is 0 Å². The Morgan fingerprint density at radius 1 is 1.41 bits per heavy atom. The maximum absolute atomic E-state index is 11.8. The smallest absolute Gasteiger partial charge is 0.230 e. The molecule has 2 aromatic heterocycles. The third-order valence-corrected chi connectivity index (χ3v) is 7.52. The first-order valence-electron chi connectivity index (χ1n) is 9.70. The molecule has 1 aliphatic rings. The van der Waals surface area contributed by atoms with Gasteiger partial charge in [0.25, 0.3) is 0 Å². The second-order valence-corrected chi connectivity index (χ2v) is 10.4. The lowest BCUT2D eigenvalue weighted by molar-refractivity contribution is -0.118. The van der Waals surface area contributed by atoms with Gasteiger partial charge in [-0.15, -0.1) is 21.5 Å². The average Bonchev–Trinajstić information content (AvgIpc) is 3.19. The predicted octanol–water partition coefficient (Wildman–Crippen LogP) is 4.31. The van der Waals surface area contributed by atoms with Crippen molar-refractivity contribution >= 4 is 29.0 Å². The molecular weight excluding hydrogens is 376 g/mol. The highest BCUT2D eigenvalue weighted by atomic mass is 32.2. The van der Waals surface area contributed by atoms with Crippen molar-refractivity contribution in [2.45, 2.75) is 58.5 Å². The number of aryl methyl sites for hydroxylation is 1. The summed E-state index contributed by atoms with van der Waals surface area (Å²) in [5.41, 5.74) is 1.84. The quantitative estimate of drug-likeness (QED) is 0.726. The van der Waals surface area contributed by atoms with E-state index in [-0.39, 0.29) is 5.91 Å². The Balaban J connectivity index is 1.71. The van der Waals surface area contributed by atoms with E-state index in [1.54, 1.807) is 0 Å². The Kier molecular flexibility index (Phi) is 6.31. The van der Waals surface area contributed by atoms with Gasteiger partial charge in [-0.2, -0.15) is 0 Å². The summed E-state index contributed by atoms with van der Waals surface area (Å²) in [6.07, 6.45) is 4.54. The second kappa shape index (κ2) is 8.35. The van der Waals surface area contributed by atoms with Gasteiger partial charge in [0.2, 0.25) is 5.91 Å². The van der Waals surface area contributed by atoms with Crippen molar-refractivity contribution in [3.63, 3.8) is 0 Å². The van der Waals surface area contributed by atoms with Crippen molar-refractivity contribution in [2.75, 3.05) is 12.3 Å². The molecule has 1 atom stereocenters. The molecule has 0 spiro atoms. The Bertz CT molecular complexity index is 803. The number of aromatic nitrogens is 3. The van der Waals surface area contributed by atoms with E-state index in [2.05, 4.69) is 42.4 Å². The number of rotatable bonds is 6. The third-order valence-electron chi connectivity index (χ3n) is 5.27. The van der Waals surface area contributed by atoms with Crippen molar-refractivity contribution in [3.05, 3.63) is 16.5 Å². The monoisotopic (exact) mass is 406 g/mol. The summed E-state index contributed by atoms with van der Waals surface area (Å²) >= 11 is 3.29. The van der Waals surface area contributed by atoms with Crippen molar-refractivity contribution in [1.82, 2.24) is 20.1 Å². The van der Waals surface area contributed by atoms with Gasteiger partial charge in [0.05, 0.1) is 10.6 Å². The number of hydrogen-bond donors (Lipinski definition) is 1. The van der Waals surface area contributed by atoms with Gasteiger partial charge in [-0.3, -0.25) is 4.79 Å². The molecule has 3 rings (SSSR count). The summed E-state index contributed by atoms with van der Waals surface area (Å²) in [4.78, 5) is 14.5. The molecule has 0 radical (unpaired) electrons. The molecule has 0 bridgehead atoms. The zero-order valence-electron chi connectivity index (χ0n) is 17.0. The number of nitrogens with one attached hydrogen (secondary N) is 1. The average molecular weight is 407 g/mol. The first kappa shape index (κ1) is 20.4. The molecule has 0 fully saturated rings. The number of carbonyl (C=O) groups is 1. The third kappa shape index (κ3) is 4.74. The summed E-state index contributed by atoms with van der Waals surface area (Å²) in [6, 6.07) is 2.31. The highest BCUT2D eigenvalue weighted by molar-refractivity contribution is 7.99. The van der Waals surface area contributed by atoms with E-state index in [0.717, 1.165) is 36.3 Å². The second-order valence-electron chi connectivity index (χ2n) is 8.37. The van der Waals surface area contributed by atoms with Crippen molar-refractivity contribution in [2.24, 2.45) is 18.4 Å². The maximum atomic E-state index is 11.8. The fraction of sp³-hybridized carbons (Fsp3) is 0.650. The summed E-state index contributed by atoms with van der Waals surface area (Å²) in [6.45, 7) is 9.81. The highest BCUT2D eigenvalue weighted by Crippen LogP contribution is 2.42. The predicted molar refractivity (Wildman–Crippen MR) is 113 cm³/mol. The Labute approximate surface area is 170 Å². The van der Waals surface area contributed by atoms with Crippen LogP contribution in [0.1, 0.15) is 51.0 Å². The Morgan fingerprint density at radius 3 is 2.89 bits per heavy atom. The molecule has 1 aliphatic carbocycles. The number of thioether (sulfide) groups is 1. The molecule has 0 unspecified atom stereocenters. The summed E-state index contributed by atoms with van der Waals surface area (Å²) in [7, 11) is 1.98. The van der Waals surface area contributed by atoms with E-state index in [4.69, 9.17) is 0 Å². The normalized spacial score (nSPS) is 17.0. The lowest BCUT2D eigenvalue weighted by atomic mass is 9.72. The number of hydrogen-bond acceptors (Lipinski definition) is 5. The van der Waals surface area contributed by atoms with Gasteiger partial charge in [0.15, 0.2) is 11.0 Å². The zero-order chi connectivity index (χ0) is 19.6. The maximum Gasteiger partial charge on any atom is 0.230 e. The molecule has 5 nitrogen and oxygen atoms in total. The summed E-state index contributed by atoms with van der Waals surface area (Å²) in [5, 5.41) is 12.4. The van der Waals surface area contributed by atoms with Crippen LogP contribution in [0.4, 0.5) is 0 Å². The van der Waals surface area contributed by atoms with Crippen molar-refractivity contribution < 1.29 is 4.79 Å². The van der Waals surface area contributed by atoms with Gasteiger partial charge in [0, 0.05) is 18.5 Å². The van der Waals surface area contributed by atoms with Crippen LogP contribution in [0, 0.1) is 11.3 Å². The van der Waals surface area contributed by atoms with Gasteiger partial charge >= 0.3 is 0 Å². The minimum Gasteiger partial charge on any atom is -0.355 e. The van der Waals surface area contributed by atoms with Gasteiger partial charge < -0.3 is 9.88 Å². The standard InChI is InChI=1S/C20H30N4OS2/c1-6-9-21-17(25)12-26-19-23-22-18(24(19)5)16-11-13-10-14(20(2,3)4)7-8-15(13)27-16/h11,14H,6-10,12H2,1-5H3,(H,21,25)/t14-/m0/s1. The molecule has 148 valence electrons. The van der Waals surface area contributed by atoms with Crippen molar-refractivity contribution in [1.29, 1.82) is 0 Å².